The van der Waals surface area contributed by atoms with E-state index in [1.807, 2.05) is 12.1 Å². The van der Waals surface area contributed by atoms with Gasteiger partial charge in [-0.05, 0) is 49.4 Å². The molecule has 2 unspecified atom stereocenters. The fourth-order valence-electron chi connectivity index (χ4n) is 2.94. The maximum absolute atomic E-state index is 10.9. The molecular weight excluding hydrogens is 268 g/mol. The predicted molar refractivity (Wildman–Crippen MR) is 81.2 cm³/mol. The lowest BCUT2D eigenvalue weighted by Gasteiger charge is -2.33. The van der Waals surface area contributed by atoms with Crippen LogP contribution in [-0.4, -0.2) is 42.2 Å². The third-order valence-electron chi connectivity index (χ3n) is 4.07. The number of carboxylic acid groups (broad SMARTS) is 1. The molecule has 1 aromatic rings. The largest absolute Gasteiger partial charge is 0.497 e. The standard InChI is InChI=1S/C16H24N2O3/c1-21-14-6-4-12(5-7-14)10-18-8-2-3-13(11-18)9-15(17)16(19)20/h4-7,13,15H,2-3,8-11,17H2,1H3,(H,19,20). The summed E-state index contributed by atoms with van der Waals surface area (Å²) in [6.07, 6.45) is 2.74. The summed E-state index contributed by atoms with van der Waals surface area (Å²) in [5.41, 5.74) is 6.89. The Labute approximate surface area is 125 Å². The Bertz CT molecular complexity index is 461. The van der Waals surface area contributed by atoms with Crippen LogP contribution in [0, 0.1) is 5.92 Å². The van der Waals surface area contributed by atoms with Crippen LogP contribution in [0.4, 0.5) is 0 Å². The van der Waals surface area contributed by atoms with Gasteiger partial charge >= 0.3 is 5.97 Å². The number of nitrogens with zero attached hydrogens (tertiary/aromatic N) is 1. The molecule has 0 amide bonds. The zero-order valence-electron chi connectivity index (χ0n) is 12.5. The Balaban J connectivity index is 1.87. The molecule has 1 aromatic carbocycles. The van der Waals surface area contributed by atoms with E-state index in [9.17, 15) is 4.79 Å². The second-order valence-electron chi connectivity index (χ2n) is 5.77. The number of carbonyl (C=O) groups is 1. The molecule has 1 fully saturated rings. The zero-order valence-corrected chi connectivity index (χ0v) is 12.5. The van der Waals surface area contributed by atoms with Gasteiger partial charge in [0.1, 0.15) is 11.8 Å². The van der Waals surface area contributed by atoms with Crippen molar-refractivity contribution in [1.29, 1.82) is 0 Å². The topological polar surface area (TPSA) is 75.8 Å². The van der Waals surface area contributed by atoms with Gasteiger partial charge in [0.25, 0.3) is 0 Å². The van der Waals surface area contributed by atoms with Gasteiger partial charge in [-0.2, -0.15) is 0 Å². The number of piperidine rings is 1. The summed E-state index contributed by atoms with van der Waals surface area (Å²) in [6.45, 7) is 2.88. The van der Waals surface area contributed by atoms with E-state index in [4.69, 9.17) is 15.6 Å². The van der Waals surface area contributed by atoms with Gasteiger partial charge in [-0.15, -0.1) is 0 Å². The number of aliphatic carboxylic acids is 1. The van der Waals surface area contributed by atoms with E-state index < -0.39 is 12.0 Å². The van der Waals surface area contributed by atoms with Crippen molar-refractivity contribution in [3.8, 4) is 5.75 Å². The Morgan fingerprint density at radius 2 is 2.19 bits per heavy atom. The average Bonchev–Trinajstić information content (AvgIpc) is 2.48. The maximum Gasteiger partial charge on any atom is 0.320 e. The number of nitrogens with two attached hydrogens (primary N) is 1. The van der Waals surface area contributed by atoms with Crippen molar-refractivity contribution in [1.82, 2.24) is 4.90 Å². The molecule has 116 valence electrons. The van der Waals surface area contributed by atoms with Gasteiger partial charge in [-0.1, -0.05) is 12.1 Å². The van der Waals surface area contributed by atoms with Crippen LogP contribution in [0.2, 0.25) is 0 Å². The molecule has 1 aliphatic heterocycles. The number of rotatable bonds is 6. The highest BCUT2D eigenvalue weighted by Gasteiger charge is 2.24. The molecular formula is C16H24N2O3. The van der Waals surface area contributed by atoms with Crippen molar-refractivity contribution >= 4 is 5.97 Å². The van der Waals surface area contributed by atoms with E-state index in [1.54, 1.807) is 7.11 Å². The predicted octanol–water partition coefficient (Wildman–Crippen LogP) is 1.71. The lowest BCUT2D eigenvalue weighted by Crippen LogP contribution is -2.39. The lowest BCUT2D eigenvalue weighted by atomic mass is 9.91. The minimum atomic E-state index is -0.901. The summed E-state index contributed by atoms with van der Waals surface area (Å²) in [5, 5.41) is 8.91. The first-order valence-corrected chi connectivity index (χ1v) is 7.42. The molecule has 2 atom stereocenters. The Morgan fingerprint density at radius 1 is 1.48 bits per heavy atom. The molecule has 0 aliphatic carbocycles. The zero-order chi connectivity index (χ0) is 15.2. The molecule has 0 spiro atoms. The van der Waals surface area contributed by atoms with Crippen LogP contribution < -0.4 is 10.5 Å². The highest BCUT2D eigenvalue weighted by atomic mass is 16.5. The van der Waals surface area contributed by atoms with Crippen molar-refractivity contribution in [3.63, 3.8) is 0 Å². The number of carboxylic acids is 1. The molecule has 1 saturated heterocycles. The summed E-state index contributed by atoms with van der Waals surface area (Å²) in [4.78, 5) is 13.2. The minimum absolute atomic E-state index is 0.378. The molecule has 1 heterocycles. The smallest absolute Gasteiger partial charge is 0.320 e. The quantitative estimate of drug-likeness (QED) is 0.835. The normalized spacial score (nSPS) is 21.0. The van der Waals surface area contributed by atoms with Crippen molar-refractivity contribution in [3.05, 3.63) is 29.8 Å². The lowest BCUT2D eigenvalue weighted by molar-refractivity contribution is -0.139. The van der Waals surface area contributed by atoms with Gasteiger partial charge in [-0.25, -0.2) is 0 Å². The fraction of sp³-hybridized carbons (Fsp3) is 0.562. The summed E-state index contributed by atoms with van der Waals surface area (Å²) in [5.74, 6) is 0.341. The van der Waals surface area contributed by atoms with Gasteiger partial charge < -0.3 is 15.6 Å². The molecule has 2 rings (SSSR count). The van der Waals surface area contributed by atoms with Crippen LogP contribution in [0.15, 0.2) is 24.3 Å². The maximum atomic E-state index is 10.9. The van der Waals surface area contributed by atoms with E-state index in [-0.39, 0.29) is 0 Å². The molecule has 0 aromatic heterocycles. The highest BCUT2D eigenvalue weighted by Crippen LogP contribution is 2.22. The number of ether oxygens (including phenoxy) is 1. The molecule has 0 saturated carbocycles. The van der Waals surface area contributed by atoms with Crippen molar-refractivity contribution in [2.24, 2.45) is 11.7 Å². The van der Waals surface area contributed by atoms with Crippen LogP contribution in [0.5, 0.6) is 5.75 Å². The first kappa shape index (κ1) is 15.8. The first-order chi connectivity index (χ1) is 10.1. The number of methoxy groups -OCH3 is 1. The van der Waals surface area contributed by atoms with Crippen LogP contribution in [-0.2, 0) is 11.3 Å². The van der Waals surface area contributed by atoms with E-state index >= 15 is 0 Å². The number of hydrogen-bond donors (Lipinski definition) is 2. The highest BCUT2D eigenvalue weighted by molar-refractivity contribution is 5.73. The first-order valence-electron chi connectivity index (χ1n) is 7.42. The molecule has 3 N–H and O–H groups in total. The summed E-state index contributed by atoms with van der Waals surface area (Å²) in [6, 6.07) is 7.35. The minimum Gasteiger partial charge on any atom is -0.497 e. The SMILES string of the molecule is COc1ccc(CN2CCCC(CC(N)C(=O)O)C2)cc1. The number of hydrogen-bond acceptors (Lipinski definition) is 4. The third kappa shape index (κ3) is 4.72. The van der Waals surface area contributed by atoms with Crippen LogP contribution in [0.1, 0.15) is 24.8 Å². The van der Waals surface area contributed by atoms with E-state index in [2.05, 4.69) is 17.0 Å². The molecule has 0 bridgehead atoms. The van der Waals surface area contributed by atoms with Crippen LogP contribution in [0.3, 0.4) is 0 Å². The number of benzene rings is 1. The van der Waals surface area contributed by atoms with E-state index in [0.29, 0.717) is 12.3 Å². The van der Waals surface area contributed by atoms with Gasteiger partial charge in [0.15, 0.2) is 0 Å². The number of likely N-dealkylation sites (tertiary alicyclic amines) is 1. The summed E-state index contributed by atoms with van der Waals surface area (Å²) in [7, 11) is 1.66. The average molecular weight is 292 g/mol. The molecule has 0 radical (unpaired) electrons. The molecule has 5 heteroatoms. The van der Waals surface area contributed by atoms with Gasteiger partial charge in [0, 0.05) is 13.1 Å². The molecule has 5 nitrogen and oxygen atoms in total. The van der Waals surface area contributed by atoms with Gasteiger partial charge in [-0.3, -0.25) is 9.69 Å². The van der Waals surface area contributed by atoms with Gasteiger partial charge in [0.2, 0.25) is 0 Å². The second-order valence-corrected chi connectivity index (χ2v) is 5.77. The molecule has 1 aliphatic rings. The Morgan fingerprint density at radius 3 is 2.81 bits per heavy atom. The second kappa shape index (κ2) is 7.43. The Hall–Kier alpha value is -1.59. The van der Waals surface area contributed by atoms with Crippen LogP contribution in [0.25, 0.3) is 0 Å². The van der Waals surface area contributed by atoms with Gasteiger partial charge in [0.05, 0.1) is 7.11 Å². The van der Waals surface area contributed by atoms with E-state index in [1.165, 1.54) is 5.56 Å². The summed E-state index contributed by atoms with van der Waals surface area (Å²) >= 11 is 0. The van der Waals surface area contributed by atoms with Crippen molar-refractivity contribution in [2.75, 3.05) is 20.2 Å². The van der Waals surface area contributed by atoms with E-state index in [0.717, 1.165) is 38.2 Å². The fourth-order valence-corrected chi connectivity index (χ4v) is 2.94. The van der Waals surface area contributed by atoms with Crippen molar-refractivity contribution in [2.45, 2.75) is 31.8 Å². The van der Waals surface area contributed by atoms with Crippen LogP contribution >= 0.6 is 0 Å². The Kier molecular flexibility index (Phi) is 5.59. The monoisotopic (exact) mass is 292 g/mol. The molecule has 21 heavy (non-hydrogen) atoms. The van der Waals surface area contributed by atoms with Crippen molar-refractivity contribution < 1.29 is 14.6 Å². The third-order valence-corrected chi connectivity index (χ3v) is 4.07. The summed E-state index contributed by atoms with van der Waals surface area (Å²) < 4.78 is 5.16.